The Bertz CT molecular complexity index is 1850. The highest BCUT2D eigenvalue weighted by Gasteiger charge is 2.70. The molecule has 4 aromatic rings. The number of nitrogens with one attached hydrogen (secondary N) is 2. The Labute approximate surface area is 258 Å². The lowest BCUT2D eigenvalue weighted by atomic mass is 9.70. The van der Waals surface area contributed by atoms with Crippen LogP contribution in [0.25, 0.3) is 11.0 Å². The fourth-order valence-corrected chi connectivity index (χ4v) is 8.72. The Morgan fingerprint density at radius 1 is 1.14 bits per heavy atom. The quantitative estimate of drug-likeness (QED) is 0.257. The van der Waals surface area contributed by atoms with Gasteiger partial charge in [-0.1, -0.05) is 41.4 Å². The third-order valence-electron chi connectivity index (χ3n) is 10.1. The van der Waals surface area contributed by atoms with Crippen LogP contribution < -0.4 is 10.6 Å². The SMILES string of the molecule is CC(=O)Nc1ccc2c(c1)nc1n2CC[C@H]2[C@@H]1[C@H](c1cccc(Cl)c1F)[C@]1(C(=O)Nc3cc(Cl)ccc31)N2C(C)C1CC1. The number of hydrogen-bond acceptors (Lipinski definition) is 4. The van der Waals surface area contributed by atoms with Crippen molar-refractivity contribution in [2.45, 2.75) is 69.1 Å². The topological polar surface area (TPSA) is 79.3 Å². The fraction of sp³-hybridized carbons (Fsp3) is 0.364. The normalized spacial score (nSPS) is 26.7. The van der Waals surface area contributed by atoms with E-state index in [0.29, 0.717) is 34.4 Å². The summed E-state index contributed by atoms with van der Waals surface area (Å²) in [7, 11) is 0. The fourth-order valence-electron chi connectivity index (χ4n) is 8.36. The zero-order valence-corrected chi connectivity index (χ0v) is 25.2. The van der Waals surface area contributed by atoms with Crippen LogP contribution >= 0.6 is 23.2 Å². The summed E-state index contributed by atoms with van der Waals surface area (Å²) in [6.45, 7) is 4.39. The summed E-state index contributed by atoms with van der Waals surface area (Å²) in [4.78, 5) is 34.0. The number of amides is 2. The standard InChI is InChI=1S/C33H30Cl2FN5O2/c1-16(18-6-7-18)41-27-12-13-40-26-11-9-20(37-17(2)42)15-25(26)38-31(40)28(27)29(21-4-3-5-23(35)30(21)36)33(41)22-10-8-19(34)14-24(22)39-32(33)43/h3-5,8-11,14-16,18,27-29H,6-7,12-13H2,1-2H3,(H,37,42)(H,39,43)/t16?,27-,28+,29-,33+/m0/s1. The first-order valence-corrected chi connectivity index (χ1v) is 15.6. The van der Waals surface area contributed by atoms with Gasteiger partial charge in [0.15, 0.2) is 0 Å². The second kappa shape index (κ2) is 9.52. The highest BCUT2D eigenvalue weighted by molar-refractivity contribution is 6.31. The number of rotatable bonds is 4. The zero-order valence-electron chi connectivity index (χ0n) is 23.7. The number of anilines is 2. The van der Waals surface area contributed by atoms with Gasteiger partial charge in [0.25, 0.3) is 0 Å². The summed E-state index contributed by atoms with van der Waals surface area (Å²) < 4.78 is 18.5. The second-order valence-electron chi connectivity index (χ2n) is 12.4. The van der Waals surface area contributed by atoms with E-state index >= 15 is 4.39 Å². The van der Waals surface area contributed by atoms with Crippen LogP contribution in [-0.4, -0.2) is 38.3 Å². The third-order valence-corrected chi connectivity index (χ3v) is 10.6. The molecular formula is C33H30Cl2FN5O2. The molecule has 2 fully saturated rings. The molecule has 0 radical (unpaired) electrons. The Balaban J connectivity index is 1.42. The van der Waals surface area contributed by atoms with Crippen molar-refractivity contribution in [2.75, 3.05) is 10.6 Å². The first-order valence-electron chi connectivity index (χ1n) is 14.8. The van der Waals surface area contributed by atoms with Crippen molar-refractivity contribution in [3.63, 3.8) is 0 Å². The van der Waals surface area contributed by atoms with E-state index in [2.05, 4.69) is 27.0 Å². The van der Waals surface area contributed by atoms with Crippen LogP contribution in [0, 0.1) is 11.7 Å². The van der Waals surface area contributed by atoms with Crippen molar-refractivity contribution in [3.05, 3.63) is 87.4 Å². The van der Waals surface area contributed by atoms with E-state index in [0.717, 1.165) is 41.7 Å². The molecule has 4 heterocycles. The van der Waals surface area contributed by atoms with E-state index in [9.17, 15) is 9.59 Å². The molecule has 4 aliphatic rings. The minimum atomic E-state index is -1.20. The highest BCUT2D eigenvalue weighted by Crippen LogP contribution is 2.65. The molecule has 220 valence electrons. The molecule has 3 aromatic carbocycles. The molecule has 43 heavy (non-hydrogen) atoms. The molecule has 2 N–H and O–H groups in total. The van der Waals surface area contributed by atoms with Gasteiger partial charge in [0, 0.05) is 59.3 Å². The van der Waals surface area contributed by atoms with Crippen molar-refractivity contribution < 1.29 is 14.0 Å². The van der Waals surface area contributed by atoms with E-state index in [-0.39, 0.29) is 34.8 Å². The molecule has 0 bridgehead atoms. The van der Waals surface area contributed by atoms with Gasteiger partial charge in [0.2, 0.25) is 11.8 Å². The molecule has 7 nitrogen and oxygen atoms in total. The van der Waals surface area contributed by atoms with Gasteiger partial charge in [-0.15, -0.1) is 0 Å². The molecule has 10 heteroatoms. The highest BCUT2D eigenvalue weighted by atomic mass is 35.5. The van der Waals surface area contributed by atoms with Crippen LogP contribution in [0.2, 0.25) is 10.0 Å². The summed E-state index contributed by atoms with van der Waals surface area (Å²) in [6, 6.07) is 16.3. The number of hydrogen-bond donors (Lipinski definition) is 2. The van der Waals surface area contributed by atoms with Gasteiger partial charge in [0.05, 0.1) is 16.1 Å². The average molecular weight is 619 g/mol. The Morgan fingerprint density at radius 3 is 2.72 bits per heavy atom. The Kier molecular flexibility index (Phi) is 6.00. The van der Waals surface area contributed by atoms with E-state index in [1.165, 1.54) is 6.92 Å². The molecule has 8 rings (SSSR count). The smallest absolute Gasteiger partial charge is 0.250 e. The van der Waals surface area contributed by atoms with Crippen LogP contribution in [0.4, 0.5) is 15.8 Å². The second-order valence-corrected chi connectivity index (χ2v) is 13.2. The van der Waals surface area contributed by atoms with Crippen LogP contribution in [-0.2, 0) is 21.7 Å². The maximum absolute atomic E-state index is 16.3. The van der Waals surface area contributed by atoms with E-state index in [1.54, 1.807) is 24.3 Å². The predicted molar refractivity (Wildman–Crippen MR) is 165 cm³/mol. The number of fused-ring (bicyclic) bond motifs is 7. The van der Waals surface area contributed by atoms with Gasteiger partial charge < -0.3 is 15.2 Å². The summed E-state index contributed by atoms with van der Waals surface area (Å²) >= 11 is 12.9. The van der Waals surface area contributed by atoms with E-state index in [4.69, 9.17) is 28.2 Å². The van der Waals surface area contributed by atoms with Crippen LogP contribution in [0.1, 0.15) is 61.9 Å². The number of likely N-dealkylation sites (tertiary alicyclic amines) is 1. The number of nitrogens with zero attached hydrogens (tertiary/aromatic N) is 3. The Morgan fingerprint density at radius 2 is 1.95 bits per heavy atom. The number of carbonyl (C=O) groups excluding carboxylic acids is 2. The zero-order chi connectivity index (χ0) is 29.8. The number of carbonyl (C=O) groups is 2. The molecule has 5 atom stereocenters. The first-order chi connectivity index (χ1) is 20.7. The predicted octanol–water partition coefficient (Wildman–Crippen LogP) is 7.04. The van der Waals surface area contributed by atoms with Crippen molar-refractivity contribution >= 4 is 57.4 Å². The lowest BCUT2D eigenvalue weighted by Gasteiger charge is -2.43. The molecule has 1 saturated carbocycles. The van der Waals surface area contributed by atoms with E-state index < -0.39 is 17.3 Å². The minimum Gasteiger partial charge on any atom is -0.328 e. The summed E-state index contributed by atoms with van der Waals surface area (Å²) in [6.07, 6.45) is 2.96. The molecule has 2 amide bonds. The average Bonchev–Trinajstić information content (AvgIpc) is 3.61. The molecule has 1 saturated heterocycles. The van der Waals surface area contributed by atoms with Crippen LogP contribution in [0.3, 0.4) is 0 Å². The minimum absolute atomic E-state index is 0.0249. The molecule has 3 aliphatic heterocycles. The van der Waals surface area contributed by atoms with Gasteiger partial charge in [0.1, 0.15) is 17.2 Å². The number of aromatic nitrogens is 2. The van der Waals surface area contributed by atoms with Crippen LogP contribution in [0.15, 0.2) is 54.6 Å². The van der Waals surface area contributed by atoms with Gasteiger partial charge in [-0.3, -0.25) is 14.5 Å². The lowest BCUT2D eigenvalue weighted by Crippen LogP contribution is -2.56. The van der Waals surface area contributed by atoms with E-state index in [1.807, 2.05) is 30.3 Å². The molecule has 1 spiro atoms. The monoisotopic (exact) mass is 617 g/mol. The summed E-state index contributed by atoms with van der Waals surface area (Å²) in [5, 5.41) is 6.55. The maximum atomic E-state index is 16.3. The molecule has 1 aliphatic carbocycles. The maximum Gasteiger partial charge on any atom is 0.250 e. The van der Waals surface area contributed by atoms with Gasteiger partial charge >= 0.3 is 0 Å². The molecule has 1 aromatic heterocycles. The van der Waals surface area contributed by atoms with Gasteiger partial charge in [-0.25, -0.2) is 9.37 Å². The molecular weight excluding hydrogens is 588 g/mol. The van der Waals surface area contributed by atoms with Crippen molar-refractivity contribution in [2.24, 2.45) is 5.92 Å². The number of benzene rings is 3. The van der Waals surface area contributed by atoms with Crippen molar-refractivity contribution in [1.29, 1.82) is 0 Å². The summed E-state index contributed by atoms with van der Waals surface area (Å²) in [5.74, 6) is -0.511. The van der Waals surface area contributed by atoms with Gasteiger partial charge in [-0.05, 0) is 74.1 Å². The number of halogens is 3. The molecule has 1 unspecified atom stereocenters. The summed E-state index contributed by atoms with van der Waals surface area (Å²) in [5.41, 5.74) is 3.03. The van der Waals surface area contributed by atoms with Crippen LogP contribution in [0.5, 0.6) is 0 Å². The number of imidazole rings is 1. The lowest BCUT2D eigenvalue weighted by molar-refractivity contribution is -0.129. The third kappa shape index (κ3) is 3.79. The van der Waals surface area contributed by atoms with Crippen molar-refractivity contribution in [3.8, 4) is 0 Å². The number of aryl methyl sites for hydroxylation is 1. The first kappa shape index (κ1) is 27.1. The van der Waals surface area contributed by atoms with Gasteiger partial charge in [-0.2, -0.15) is 0 Å². The Hall–Kier alpha value is -3.46. The largest absolute Gasteiger partial charge is 0.328 e. The van der Waals surface area contributed by atoms with Crippen molar-refractivity contribution in [1.82, 2.24) is 14.5 Å².